The number of ketones is 1. The van der Waals surface area contributed by atoms with Crippen LogP contribution >= 0.6 is 0 Å². The third-order valence-corrected chi connectivity index (χ3v) is 5.54. The Bertz CT molecular complexity index is 1220. The average molecular weight is 474 g/mol. The summed E-state index contributed by atoms with van der Waals surface area (Å²) in [6, 6.07) is 9.71. The first-order chi connectivity index (χ1) is 15.8. The summed E-state index contributed by atoms with van der Waals surface area (Å²) >= 11 is 0. The summed E-state index contributed by atoms with van der Waals surface area (Å²) in [5.41, 5.74) is 9.06. The van der Waals surface area contributed by atoms with Gasteiger partial charge in [-0.25, -0.2) is 9.50 Å². The standard InChI is InChI=1S/C21H26N6O2.HNO2S/c1-14(28)18-12-26(8-7-19(18)22)11-15-6-9-27-20(15)21(23-13-24-27)25-16-4-3-5-17(10-16)29-2;1-4(2)3/h3-6,9-10,13,18-19H,7-8,11-12,22H2,1-2H3,(H,23,24,25);1H/t18-,19-;/m1./s1. The minimum atomic E-state index is -2.61. The Morgan fingerprint density at radius 1 is 1.36 bits per heavy atom. The van der Waals surface area contributed by atoms with Crippen LogP contribution in [0.1, 0.15) is 18.9 Å². The van der Waals surface area contributed by atoms with E-state index in [0.29, 0.717) is 13.1 Å². The van der Waals surface area contributed by atoms with Gasteiger partial charge in [-0.3, -0.25) is 9.69 Å². The van der Waals surface area contributed by atoms with Crippen LogP contribution in [0, 0.1) is 10.7 Å². The van der Waals surface area contributed by atoms with Gasteiger partial charge >= 0.3 is 10.5 Å². The fourth-order valence-corrected chi connectivity index (χ4v) is 3.93. The van der Waals surface area contributed by atoms with E-state index >= 15 is 0 Å². The Kier molecular flexibility index (Phi) is 8.09. The van der Waals surface area contributed by atoms with E-state index in [0.717, 1.165) is 41.3 Å². The molecule has 4 N–H and O–H groups in total. The van der Waals surface area contributed by atoms with E-state index in [9.17, 15) is 4.79 Å². The molecule has 2 atom stereocenters. The van der Waals surface area contributed by atoms with Gasteiger partial charge in [0, 0.05) is 49.5 Å². The van der Waals surface area contributed by atoms with E-state index in [2.05, 4.69) is 26.4 Å². The van der Waals surface area contributed by atoms with Crippen LogP contribution in [0.4, 0.5) is 11.5 Å². The van der Waals surface area contributed by atoms with Gasteiger partial charge in [0.1, 0.15) is 23.4 Å². The molecule has 3 aromatic rings. The number of nitrogens with zero attached hydrogens (tertiary/aromatic N) is 4. The lowest BCUT2D eigenvalue weighted by molar-refractivity contribution is -0.123. The number of carbonyl (C=O) groups is 1. The molecular formula is C21H27N7O4S. The third-order valence-electron chi connectivity index (χ3n) is 5.54. The highest BCUT2D eigenvalue weighted by molar-refractivity contribution is 7.60. The van der Waals surface area contributed by atoms with Crippen LogP contribution in [-0.2, 0) is 21.8 Å². The second-order valence-electron chi connectivity index (χ2n) is 7.74. The summed E-state index contributed by atoms with van der Waals surface area (Å²) in [7, 11) is -0.966. The van der Waals surface area contributed by atoms with E-state index in [-0.39, 0.29) is 17.7 Å². The van der Waals surface area contributed by atoms with Crippen LogP contribution < -0.4 is 15.8 Å². The molecule has 2 aromatic heterocycles. The summed E-state index contributed by atoms with van der Waals surface area (Å²) < 4.78 is 30.0. The molecule has 0 bridgehead atoms. The predicted octanol–water partition coefficient (Wildman–Crippen LogP) is 1.85. The Labute approximate surface area is 193 Å². The molecule has 0 spiro atoms. The molecule has 1 aliphatic rings. The molecule has 0 saturated carbocycles. The number of nitrogens with one attached hydrogen (secondary N) is 2. The molecule has 1 aliphatic heterocycles. The summed E-state index contributed by atoms with van der Waals surface area (Å²) in [6.07, 6.45) is 4.29. The highest BCUT2D eigenvalue weighted by atomic mass is 32.2. The Balaban J connectivity index is 0.000000709. The lowest BCUT2D eigenvalue weighted by Gasteiger charge is -2.35. The van der Waals surface area contributed by atoms with Crippen molar-refractivity contribution in [2.24, 2.45) is 11.7 Å². The van der Waals surface area contributed by atoms with E-state index in [1.54, 1.807) is 14.0 Å². The number of piperidine rings is 1. The van der Waals surface area contributed by atoms with Crippen molar-refractivity contribution in [2.75, 3.05) is 25.5 Å². The normalized spacial score (nSPS) is 18.3. The van der Waals surface area contributed by atoms with Gasteiger partial charge < -0.3 is 15.8 Å². The minimum absolute atomic E-state index is 0.0526. The molecule has 0 unspecified atom stereocenters. The lowest BCUT2D eigenvalue weighted by Crippen LogP contribution is -2.49. The minimum Gasteiger partial charge on any atom is -0.497 e. The number of aromatic nitrogens is 3. The zero-order chi connectivity index (χ0) is 24.0. The zero-order valence-electron chi connectivity index (χ0n) is 18.4. The average Bonchev–Trinajstić information content (AvgIpc) is 3.18. The van der Waals surface area contributed by atoms with Gasteiger partial charge in [0.2, 0.25) is 0 Å². The summed E-state index contributed by atoms with van der Waals surface area (Å²) in [4.78, 5) is 18.7. The molecule has 0 aliphatic carbocycles. The van der Waals surface area contributed by atoms with Crippen molar-refractivity contribution in [1.82, 2.24) is 19.5 Å². The summed E-state index contributed by atoms with van der Waals surface area (Å²) in [5, 5.41) is 7.71. The second kappa shape index (κ2) is 11.0. The molecule has 4 rings (SSSR count). The topological polar surface area (TPSA) is 156 Å². The smallest absolute Gasteiger partial charge is 0.308 e. The number of hydrogen-bond donors (Lipinski definition) is 3. The number of likely N-dealkylation sites (tertiary alicyclic amines) is 1. The van der Waals surface area contributed by atoms with Crippen LogP contribution in [0.15, 0.2) is 42.9 Å². The summed E-state index contributed by atoms with van der Waals surface area (Å²) in [5.74, 6) is 1.55. The van der Waals surface area contributed by atoms with Crippen molar-refractivity contribution in [3.63, 3.8) is 0 Å². The van der Waals surface area contributed by atoms with Crippen molar-refractivity contribution in [1.29, 1.82) is 4.78 Å². The van der Waals surface area contributed by atoms with Gasteiger partial charge in [0.05, 0.1) is 7.11 Å². The van der Waals surface area contributed by atoms with Crippen LogP contribution in [0.5, 0.6) is 5.75 Å². The molecule has 1 aromatic carbocycles. The van der Waals surface area contributed by atoms with Crippen molar-refractivity contribution in [3.05, 3.63) is 48.4 Å². The first-order valence-electron chi connectivity index (χ1n) is 10.3. The van der Waals surface area contributed by atoms with Gasteiger partial charge in [0.25, 0.3) is 0 Å². The second-order valence-corrected chi connectivity index (χ2v) is 8.21. The third kappa shape index (κ3) is 6.34. The highest BCUT2D eigenvalue weighted by Crippen LogP contribution is 2.27. The monoisotopic (exact) mass is 473 g/mol. The molecule has 1 saturated heterocycles. The van der Waals surface area contributed by atoms with Crippen LogP contribution in [0.25, 0.3) is 5.52 Å². The maximum atomic E-state index is 11.9. The number of rotatable bonds is 6. The summed E-state index contributed by atoms with van der Waals surface area (Å²) in [6.45, 7) is 3.90. The van der Waals surface area contributed by atoms with Crippen molar-refractivity contribution in [2.45, 2.75) is 25.9 Å². The van der Waals surface area contributed by atoms with Gasteiger partial charge in [-0.05, 0) is 37.1 Å². The maximum Gasteiger partial charge on any atom is 0.308 e. The van der Waals surface area contributed by atoms with Crippen molar-refractivity contribution >= 4 is 33.3 Å². The first kappa shape index (κ1) is 24.3. The molecule has 176 valence electrons. The molecule has 11 nitrogen and oxygen atoms in total. The number of Topliss-reactive ketones (excluding diaryl/α,β-unsaturated/α-hetero) is 1. The number of methoxy groups -OCH3 is 1. The van der Waals surface area contributed by atoms with E-state index in [1.807, 2.05) is 35.0 Å². The number of carbonyl (C=O) groups excluding carboxylic acids is 1. The SMILES string of the molecule is COc1cccc(Nc2ncnn3ccc(CN4CC[C@@H](N)[C@@H](C(C)=O)C4)c23)c1.N=S(=O)=O. The zero-order valence-corrected chi connectivity index (χ0v) is 19.2. The van der Waals surface area contributed by atoms with Crippen LogP contribution in [0.2, 0.25) is 0 Å². The van der Waals surface area contributed by atoms with Crippen LogP contribution in [0.3, 0.4) is 0 Å². The largest absolute Gasteiger partial charge is 0.497 e. The molecular weight excluding hydrogens is 446 g/mol. The van der Waals surface area contributed by atoms with E-state index in [4.69, 9.17) is 23.7 Å². The Morgan fingerprint density at radius 3 is 2.82 bits per heavy atom. The maximum absolute atomic E-state index is 11.9. The molecule has 12 heteroatoms. The van der Waals surface area contributed by atoms with Gasteiger partial charge in [-0.1, -0.05) is 6.07 Å². The van der Waals surface area contributed by atoms with Crippen molar-refractivity contribution < 1.29 is 17.9 Å². The molecule has 33 heavy (non-hydrogen) atoms. The fraction of sp³-hybridized carbons (Fsp3) is 0.381. The van der Waals surface area contributed by atoms with Crippen LogP contribution in [-0.4, -0.2) is 59.9 Å². The number of fused-ring (bicyclic) bond motifs is 1. The van der Waals surface area contributed by atoms with Crippen molar-refractivity contribution in [3.8, 4) is 5.75 Å². The number of nitrogens with two attached hydrogens (primary N) is 1. The van der Waals surface area contributed by atoms with Gasteiger partial charge in [-0.2, -0.15) is 18.3 Å². The number of hydrogen-bond acceptors (Lipinski definition) is 10. The molecule has 0 amide bonds. The fourth-order valence-electron chi connectivity index (χ4n) is 3.93. The molecule has 0 radical (unpaired) electrons. The number of anilines is 2. The van der Waals surface area contributed by atoms with Gasteiger partial charge in [0.15, 0.2) is 5.82 Å². The predicted molar refractivity (Wildman–Crippen MR) is 123 cm³/mol. The molecule has 1 fully saturated rings. The highest BCUT2D eigenvalue weighted by Gasteiger charge is 2.30. The van der Waals surface area contributed by atoms with E-state index in [1.165, 1.54) is 6.33 Å². The Morgan fingerprint density at radius 2 is 2.12 bits per heavy atom. The van der Waals surface area contributed by atoms with Gasteiger partial charge in [-0.15, -0.1) is 0 Å². The first-order valence-corrected chi connectivity index (χ1v) is 11.4. The quantitative estimate of drug-likeness (QED) is 0.486. The molecule has 3 heterocycles. The lowest BCUT2D eigenvalue weighted by atomic mass is 9.89. The number of ether oxygens (including phenoxy) is 1. The Hall–Kier alpha value is -3.35. The number of benzene rings is 1. The van der Waals surface area contributed by atoms with E-state index < -0.39 is 10.5 Å².